The Labute approximate surface area is 331 Å². The van der Waals surface area contributed by atoms with E-state index in [1.165, 1.54) is 17.4 Å². The summed E-state index contributed by atoms with van der Waals surface area (Å²) in [6.07, 6.45) is -0.419. The Morgan fingerprint density at radius 1 is 0.509 bits per heavy atom. The van der Waals surface area contributed by atoms with E-state index in [0.29, 0.717) is 2.89 Å². The molecule has 0 fully saturated rings. The summed E-state index contributed by atoms with van der Waals surface area (Å²) in [5.74, 6) is -39.7. The van der Waals surface area contributed by atoms with Crippen molar-refractivity contribution in [2.75, 3.05) is 5.75 Å². The van der Waals surface area contributed by atoms with E-state index in [1.807, 2.05) is 41.5 Å². The van der Waals surface area contributed by atoms with Gasteiger partial charge in [0.15, 0.2) is 0 Å². The first-order valence-electron chi connectivity index (χ1n) is 19.5. The first kappa shape index (κ1) is 53.4. The predicted molar refractivity (Wildman–Crippen MR) is 201 cm³/mol. The second-order valence-corrected chi connectivity index (χ2v) is 46.4. The molecule has 55 heavy (non-hydrogen) atoms. The van der Waals surface area contributed by atoms with E-state index < -0.39 is 94.6 Å². The molecular weight excluding hydrogens is 1010 g/mol. The zero-order chi connectivity index (χ0) is 42.8. The molecule has 0 saturated carbocycles. The van der Waals surface area contributed by atoms with Crippen molar-refractivity contribution in [3.8, 4) is 0 Å². The van der Waals surface area contributed by atoms with Crippen LogP contribution in [-0.4, -0.2) is 86.7 Å². The number of halogens is 13. The van der Waals surface area contributed by atoms with Gasteiger partial charge in [-0.15, -0.1) is 0 Å². The fraction of sp³-hybridized carbons (Fsp3) is 0.889. The third-order valence-corrected chi connectivity index (χ3v) is 50.8. The van der Waals surface area contributed by atoms with Crippen molar-refractivity contribution in [3.05, 3.63) is 6.07 Å². The monoisotopic (exact) mass is 1070 g/mol. The van der Waals surface area contributed by atoms with Crippen molar-refractivity contribution in [1.29, 1.82) is 0 Å². The van der Waals surface area contributed by atoms with E-state index in [-0.39, 0.29) is 4.90 Å². The second-order valence-electron chi connectivity index (χ2n) is 15.1. The number of hydrogen-bond acceptors (Lipinski definition) is 3. The van der Waals surface area contributed by atoms with E-state index >= 15 is 8.78 Å². The fourth-order valence-electron chi connectivity index (χ4n) is 7.12. The molecule has 0 aliphatic carbocycles. The van der Waals surface area contributed by atoms with Gasteiger partial charge in [-0.3, -0.25) is 0 Å². The Bertz CT molecular complexity index is 1370. The summed E-state index contributed by atoms with van der Waals surface area (Å²) in [5.41, 5.74) is 0. The van der Waals surface area contributed by atoms with Crippen LogP contribution < -0.4 is 5.79 Å². The molecule has 0 N–H and O–H groups in total. The minimum absolute atomic E-state index is 0.308. The van der Waals surface area contributed by atoms with Crippen molar-refractivity contribution in [2.24, 2.45) is 0 Å². The summed E-state index contributed by atoms with van der Waals surface area (Å²) in [6, 6.07) is 1.52. The molecule has 0 aromatic carbocycles. The van der Waals surface area contributed by atoms with Crippen LogP contribution in [0.25, 0.3) is 0 Å². The number of alkyl halides is 13. The predicted octanol–water partition coefficient (Wildman–Crippen LogP) is 13.8. The van der Waals surface area contributed by atoms with Gasteiger partial charge >= 0.3 is 333 Å². The van der Waals surface area contributed by atoms with Crippen LogP contribution in [0.4, 0.5) is 57.1 Å². The molecule has 0 spiro atoms. The van der Waals surface area contributed by atoms with Gasteiger partial charge in [0.2, 0.25) is 0 Å². The third-order valence-electron chi connectivity index (χ3n) is 10.8. The molecule has 0 amide bonds. The normalized spacial score (nSPS) is 14.6. The van der Waals surface area contributed by atoms with Crippen LogP contribution in [0.3, 0.4) is 0 Å². The van der Waals surface area contributed by atoms with Crippen molar-refractivity contribution in [2.45, 2.75) is 192 Å². The van der Waals surface area contributed by atoms with Gasteiger partial charge in [0.1, 0.15) is 0 Å². The Morgan fingerprint density at radius 2 is 0.836 bits per heavy atom. The molecule has 0 radical (unpaired) electrons. The van der Waals surface area contributed by atoms with Gasteiger partial charge in [-0.25, -0.2) is 0 Å². The molecule has 0 unspecified atom stereocenters. The van der Waals surface area contributed by atoms with Gasteiger partial charge in [-0.05, 0) is 0 Å². The number of unbranched alkanes of at least 4 members (excludes halogenated alkanes) is 6. The number of hydrogen-bond donors (Lipinski definition) is 0. The topological polar surface area (TPSA) is 34.1 Å². The van der Waals surface area contributed by atoms with Crippen LogP contribution in [-0.2, 0) is 9.84 Å². The van der Waals surface area contributed by atoms with Crippen LogP contribution in [0, 0.1) is 0 Å². The van der Waals surface area contributed by atoms with E-state index in [0.717, 1.165) is 107 Å². The zero-order valence-corrected chi connectivity index (χ0v) is 40.1. The average Bonchev–Trinajstić information content (AvgIpc) is 3.58. The molecule has 0 saturated heterocycles. The maximum absolute atomic E-state index is 15.1. The molecular formula is C36H59F13O2S2Sn2. The first-order valence-corrected chi connectivity index (χ1v) is 36.9. The summed E-state index contributed by atoms with van der Waals surface area (Å²) in [4.78, 5) is -0.308. The Hall–Kier alpha value is 0.337. The maximum atomic E-state index is 15.1. The minimum atomic E-state index is -8.03. The molecule has 1 aromatic heterocycles. The van der Waals surface area contributed by atoms with E-state index in [9.17, 15) is 56.7 Å². The summed E-state index contributed by atoms with van der Waals surface area (Å²) < 4.78 is 216. The number of rotatable bonds is 28. The second kappa shape index (κ2) is 21.2. The van der Waals surface area contributed by atoms with Crippen LogP contribution in [0.15, 0.2) is 11.0 Å². The quantitative estimate of drug-likeness (QED) is 0.0619. The Morgan fingerprint density at radius 3 is 1.16 bits per heavy atom. The molecule has 0 bridgehead atoms. The molecule has 1 rings (SSSR count). The molecule has 19 heteroatoms. The van der Waals surface area contributed by atoms with E-state index in [2.05, 4.69) is 0 Å². The molecule has 0 aliphatic heterocycles. The van der Waals surface area contributed by atoms with Gasteiger partial charge in [-0.2, -0.15) is 0 Å². The van der Waals surface area contributed by atoms with Crippen molar-refractivity contribution in [1.82, 2.24) is 0 Å². The Balaban J connectivity index is 4.14. The van der Waals surface area contributed by atoms with Crippen molar-refractivity contribution < 1.29 is 65.5 Å². The SMILES string of the molecule is CCC[CH2][Sn]([CH2]CCC)([CH2]CCC)[c]1cc(S(=O)(=O)CCC(F)(F)C(F)(F)C(F)(F)C(F)(F)C(F)(F)C(F)(F)F)[c]([Sn]([CH2]CCC)([CH2]CCC)[CH2]CCC)s1. The molecule has 0 aliphatic rings. The average molecular weight is 1070 g/mol. The molecule has 2 nitrogen and oxygen atoms in total. The van der Waals surface area contributed by atoms with Gasteiger partial charge in [0.05, 0.1) is 0 Å². The molecule has 0 atom stereocenters. The Kier molecular flexibility index (Phi) is 20.6. The van der Waals surface area contributed by atoms with Gasteiger partial charge in [0.25, 0.3) is 0 Å². The standard InChI is InChI=1S/C12H5F13O2S2.6C4H9.2Sn/c13-7(14,2-4-29(26,27)6-1-3-28-5-6)8(15,16)9(17,18)10(19,20)11(21,22)12(23,24)25;6*1-3-4-2;;/h1H,2,4H2;6*1,3-4H2,2H3;;. The summed E-state index contributed by atoms with van der Waals surface area (Å²) in [6.45, 7) is 12.0. The summed E-state index contributed by atoms with van der Waals surface area (Å²) >= 11 is -5.95. The van der Waals surface area contributed by atoms with Gasteiger partial charge in [-0.1, -0.05) is 0 Å². The van der Waals surface area contributed by atoms with Crippen LogP contribution in [0.5, 0.6) is 0 Å². The number of sulfone groups is 1. The van der Waals surface area contributed by atoms with Gasteiger partial charge in [0, 0.05) is 0 Å². The molecule has 1 aromatic rings. The number of thiophene rings is 1. The summed E-state index contributed by atoms with van der Waals surface area (Å²) in [5, 5.41) is 0. The molecule has 1 heterocycles. The third kappa shape index (κ3) is 11.8. The van der Waals surface area contributed by atoms with Crippen LogP contribution in [0.2, 0.25) is 26.6 Å². The van der Waals surface area contributed by atoms with Crippen molar-refractivity contribution >= 4 is 63.7 Å². The zero-order valence-electron chi connectivity index (χ0n) is 32.8. The fourth-order valence-corrected chi connectivity index (χ4v) is 54.2. The van der Waals surface area contributed by atoms with Crippen LogP contribution in [0.1, 0.15) is 125 Å². The van der Waals surface area contributed by atoms with E-state index in [1.54, 1.807) is 0 Å². The molecule has 326 valence electrons. The van der Waals surface area contributed by atoms with E-state index in [4.69, 9.17) is 0 Å². The van der Waals surface area contributed by atoms with Crippen molar-refractivity contribution in [3.63, 3.8) is 0 Å². The summed E-state index contributed by atoms with van der Waals surface area (Å²) in [7, 11) is -5.05. The van der Waals surface area contributed by atoms with Gasteiger partial charge < -0.3 is 0 Å². The first-order chi connectivity index (χ1) is 25.2. The van der Waals surface area contributed by atoms with Crippen LogP contribution >= 0.6 is 11.3 Å².